The summed E-state index contributed by atoms with van der Waals surface area (Å²) < 4.78 is 0. The van der Waals surface area contributed by atoms with Crippen molar-refractivity contribution in [2.75, 3.05) is 0 Å². The fourth-order valence-corrected chi connectivity index (χ4v) is 1.36. The van der Waals surface area contributed by atoms with Crippen LogP contribution in [0.1, 0.15) is 0 Å². The molecule has 0 aromatic carbocycles. The van der Waals surface area contributed by atoms with E-state index in [1.807, 2.05) is 30.3 Å². The summed E-state index contributed by atoms with van der Waals surface area (Å²) in [7, 11) is 0. The molecule has 0 amide bonds. The zero-order valence-corrected chi connectivity index (χ0v) is 7.78. The molecule has 0 radical (unpaired) electrons. The normalized spacial score (nSPS) is 9.92. The van der Waals surface area contributed by atoms with Gasteiger partial charge in [0.2, 0.25) is 0 Å². The molecule has 13 heavy (non-hydrogen) atoms. The van der Waals surface area contributed by atoms with Gasteiger partial charge in [-0.05, 0) is 24.3 Å². The van der Waals surface area contributed by atoms with Crippen molar-refractivity contribution in [2.45, 2.75) is 4.90 Å². The Morgan fingerprint density at radius 3 is 2.46 bits per heavy atom. The second-order valence-electron chi connectivity index (χ2n) is 2.59. The minimum Gasteiger partial charge on any atom is -0.255 e. The van der Waals surface area contributed by atoms with E-state index in [0.29, 0.717) is 0 Å². The summed E-state index contributed by atoms with van der Waals surface area (Å²) in [5.41, 5.74) is 1.68. The largest absolute Gasteiger partial charge is 0.255 e. The Balaban J connectivity index is 2.54. The van der Waals surface area contributed by atoms with Crippen LogP contribution >= 0.6 is 12.6 Å². The standard InChI is InChI=1S/C10H8N2S/c13-9-5-3-7-12-10(9)8-4-1-2-6-11-8/h1-7,13H. The van der Waals surface area contributed by atoms with E-state index in [-0.39, 0.29) is 0 Å². The Bertz CT molecular complexity index is 401. The van der Waals surface area contributed by atoms with Crippen molar-refractivity contribution in [2.24, 2.45) is 0 Å². The lowest BCUT2D eigenvalue weighted by molar-refractivity contribution is 1.19. The van der Waals surface area contributed by atoms with Gasteiger partial charge in [-0.1, -0.05) is 6.07 Å². The van der Waals surface area contributed by atoms with E-state index >= 15 is 0 Å². The van der Waals surface area contributed by atoms with E-state index in [9.17, 15) is 0 Å². The summed E-state index contributed by atoms with van der Waals surface area (Å²) in [6.07, 6.45) is 3.49. The molecule has 0 saturated heterocycles. The van der Waals surface area contributed by atoms with Gasteiger partial charge in [0.15, 0.2) is 0 Å². The average Bonchev–Trinajstić information content (AvgIpc) is 2.20. The fourth-order valence-electron chi connectivity index (χ4n) is 1.10. The fraction of sp³-hybridized carbons (Fsp3) is 0. The van der Waals surface area contributed by atoms with Crippen molar-refractivity contribution in [3.63, 3.8) is 0 Å². The zero-order valence-electron chi connectivity index (χ0n) is 6.88. The van der Waals surface area contributed by atoms with Crippen molar-refractivity contribution < 1.29 is 0 Å². The minimum atomic E-state index is 0.825. The van der Waals surface area contributed by atoms with Crippen molar-refractivity contribution >= 4 is 12.6 Å². The molecule has 64 valence electrons. The maximum Gasteiger partial charge on any atom is 0.102 e. The van der Waals surface area contributed by atoms with Crippen LogP contribution in [0.3, 0.4) is 0 Å². The zero-order chi connectivity index (χ0) is 9.10. The van der Waals surface area contributed by atoms with Crippen molar-refractivity contribution in [3.05, 3.63) is 42.7 Å². The summed E-state index contributed by atoms with van der Waals surface area (Å²) >= 11 is 4.31. The van der Waals surface area contributed by atoms with Crippen molar-refractivity contribution in [1.29, 1.82) is 0 Å². The van der Waals surface area contributed by atoms with Gasteiger partial charge in [0.25, 0.3) is 0 Å². The van der Waals surface area contributed by atoms with Gasteiger partial charge in [-0.25, -0.2) is 0 Å². The number of hydrogen-bond acceptors (Lipinski definition) is 3. The third kappa shape index (κ3) is 1.70. The molecular weight excluding hydrogens is 180 g/mol. The maximum atomic E-state index is 4.31. The highest BCUT2D eigenvalue weighted by Crippen LogP contribution is 2.20. The maximum absolute atomic E-state index is 4.31. The SMILES string of the molecule is Sc1cccnc1-c1ccccn1. The predicted octanol–water partition coefficient (Wildman–Crippen LogP) is 2.43. The van der Waals surface area contributed by atoms with Crippen LogP contribution in [0.15, 0.2) is 47.6 Å². The highest BCUT2D eigenvalue weighted by atomic mass is 32.1. The summed E-state index contributed by atoms with van der Waals surface area (Å²) in [6.45, 7) is 0. The first kappa shape index (κ1) is 8.26. The van der Waals surface area contributed by atoms with Crippen LogP contribution in [0.5, 0.6) is 0 Å². The molecule has 2 aromatic rings. The molecule has 0 atom stereocenters. The Kier molecular flexibility index (Phi) is 2.27. The first-order valence-corrected chi connectivity index (χ1v) is 4.38. The Morgan fingerprint density at radius 1 is 0.923 bits per heavy atom. The Labute approximate surface area is 82.1 Å². The molecule has 3 heteroatoms. The molecule has 0 aliphatic heterocycles. The third-order valence-corrected chi connectivity index (χ3v) is 2.05. The van der Waals surface area contributed by atoms with Gasteiger partial charge in [0.1, 0.15) is 5.69 Å². The van der Waals surface area contributed by atoms with Gasteiger partial charge in [0.05, 0.1) is 5.69 Å². The first-order valence-electron chi connectivity index (χ1n) is 3.93. The van der Waals surface area contributed by atoms with E-state index in [2.05, 4.69) is 22.6 Å². The minimum absolute atomic E-state index is 0.825. The molecule has 0 bridgehead atoms. The molecule has 0 spiro atoms. The van der Waals surface area contributed by atoms with E-state index in [0.717, 1.165) is 16.3 Å². The summed E-state index contributed by atoms with van der Waals surface area (Å²) in [5, 5.41) is 0. The number of rotatable bonds is 1. The lowest BCUT2D eigenvalue weighted by atomic mass is 10.2. The van der Waals surface area contributed by atoms with Crippen LogP contribution in [0.2, 0.25) is 0 Å². The van der Waals surface area contributed by atoms with Gasteiger partial charge in [0, 0.05) is 17.3 Å². The van der Waals surface area contributed by atoms with Gasteiger partial charge >= 0.3 is 0 Å². The van der Waals surface area contributed by atoms with Crippen LogP contribution in [-0.2, 0) is 0 Å². The molecule has 2 aromatic heterocycles. The van der Waals surface area contributed by atoms with Crippen molar-refractivity contribution in [1.82, 2.24) is 9.97 Å². The van der Waals surface area contributed by atoms with E-state index < -0.39 is 0 Å². The van der Waals surface area contributed by atoms with Gasteiger partial charge < -0.3 is 0 Å². The lowest BCUT2D eigenvalue weighted by Crippen LogP contribution is -1.86. The molecule has 0 N–H and O–H groups in total. The Morgan fingerprint density at radius 2 is 1.77 bits per heavy atom. The topological polar surface area (TPSA) is 25.8 Å². The number of hydrogen-bond donors (Lipinski definition) is 1. The van der Waals surface area contributed by atoms with E-state index in [1.54, 1.807) is 12.4 Å². The summed E-state index contributed by atoms with van der Waals surface area (Å²) in [6, 6.07) is 9.49. The molecule has 0 fully saturated rings. The molecule has 0 aliphatic carbocycles. The van der Waals surface area contributed by atoms with Gasteiger partial charge in [-0.2, -0.15) is 0 Å². The summed E-state index contributed by atoms with van der Waals surface area (Å²) in [5.74, 6) is 0. The Hall–Kier alpha value is -1.35. The lowest BCUT2D eigenvalue weighted by Gasteiger charge is -2.00. The highest BCUT2D eigenvalue weighted by molar-refractivity contribution is 7.80. The quantitative estimate of drug-likeness (QED) is 0.695. The van der Waals surface area contributed by atoms with Crippen LogP contribution in [-0.4, -0.2) is 9.97 Å². The number of thiol groups is 1. The molecule has 0 unspecified atom stereocenters. The smallest absolute Gasteiger partial charge is 0.102 e. The van der Waals surface area contributed by atoms with Crippen LogP contribution in [0, 0.1) is 0 Å². The van der Waals surface area contributed by atoms with E-state index in [4.69, 9.17) is 0 Å². The molecule has 2 nitrogen and oxygen atoms in total. The molecule has 0 aliphatic rings. The second kappa shape index (κ2) is 3.58. The van der Waals surface area contributed by atoms with Gasteiger partial charge in [-0.3, -0.25) is 9.97 Å². The molecule has 2 heterocycles. The number of pyridine rings is 2. The van der Waals surface area contributed by atoms with Crippen LogP contribution in [0.4, 0.5) is 0 Å². The molecule has 2 rings (SSSR count). The first-order chi connectivity index (χ1) is 6.38. The number of nitrogens with zero attached hydrogens (tertiary/aromatic N) is 2. The molecule has 0 saturated carbocycles. The van der Waals surface area contributed by atoms with Gasteiger partial charge in [-0.15, -0.1) is 12.6 Å². The van der Waals surface area contributed by atoms with Crippen LogP contribution in [0.25, 0.3) is 11.4 Å². The second-order valence-corrected chi connectivity index (χ2v) is 3.07. The monoisotopic (exact) mass is 188 g/mol. The summed E-state index contributed by atoms with van der Waals surface area (Å²) in [4.78, 5) is 9.26. The highest BCUT2D eigenvalue weighted by Gasteiger charge is 2.02. The molecular formula is C10H8N2S. The predicted molar refractivity (Wildman–Crippen MR) is 54.7 cm³/mol. The number of aromatic nitrogens is 2. The third-order valence-electron chi connectivity index (χ3n) is 1.69. The van der Waals surface area contributed by atoms with Crippen molar-refractivity contribution in [3.8, 4) is 11.4 Å². The average molecular weight is 188 g/mol. The van der Waals surface area contributed by atoms with E-state index in [1.165, 1.54) is 0 Å². The van der Waals surface area contributed by atoms with Crippen LogP contribution < -0.4 is 0 Å².